The molecule has 1 atom stereocenters. The molecule has 0 radical (unpaired) electrons. The Morgan fingerprint density at radius 3 is 2.19 bits per heavy atom. The molecule has 1 unspecified atom stereocenters. The Morgan fingerprint density at radius 1 is 0.946 bits per heavy atom. The Labute approximate surface area is 213 Å². The number of halogens is 8. The van der Waals surface area contributed by atoms with Crippen molar-refractivity contribution in [3.8, 4) is 17.1 Å². The monoisotopic (exact) mass is 566 g/mol. The van der Waals surface area contributed by atoms with Gasteiger partial charge in [0.1, 0.15) is 6.54 Å². The highest BCUT2D eigenvalue weighted by Crippen LogP contribution is 2.31. The van der Waals surface area contributed by atoms with E-state index in [0.717, 1.165) is 0 Å². The van der Waals surface area contributed by atoms with Crippen molar-refractivity contribution in [3.63, 3.8) is 0 Å². The maximum Gasteiger partial charge on any atom is 0.451 e. The summed E-state index contributed by atoms with van der Waals surface area (Å²) < 4.78 is 81.7. The highest BCUT2D eigenvalue weighted by Gasteiger charge is 2.40. The minimum atomic E-state index is -5.05. The van der Waals surface area contributed by atoms with Gasteiger partial charge in [-0.15, -0.1) is 10.2 Å². The van der Waals surface area contributed by atoms with E-state index in [1.165, 1.54) is 48.5 Å². The van der Waals surface area contributed by atoms with Gasteiger partial charge in [-0.05, 0) is 36.4 Å². The molecule has 0 bridgehead atoms. The quantitative estimate of drug-likeness (QED) is 0.345. The van der Waals surface area contributed by atoms with Gasteiger partial charge in [-0.1, -0.05) is 35.3 Å². The molecule has 37 heavy (non-hydrogen) atoms. The zero-order valence-electron chi connectivity index (χ0n) is 18.2. The van der Waals surface area contributed by atoms with E-state index in [0.29, 0.717) is 19.0 Å². The summed E-state index contributed by atoms with van der Waals surface area (Å²) >= 11 is 11.9. The molecule has 0 saturated heterocycles. The number of benzene rings is 2. The van der Waals surface area contributed by atoms with Gasteiger partial charge >= 0.3 is 18.0 Å². The third kappa shape index (κ3) is 5.65. The lowest BCUT2D eigenvalue weighted by Gasteiger charge is -2.15. The maximum absolute atomic E-state index is 13.7. The summed E-state index contributed by atoms with van der Waals surface area (Å²) in [6.07, 6.45) is -12.9. The van der Waals surface area contributed by atoms with Crippen molar-refractivity contribution >= 4 is 23.2 Å². The molecule has 4 aromatic rings. The maximum atomic E-state index is 13.7. The standard InChI is InChI=1S/C21H14Cl2F6N6O2/c22-12-7-5-11(6-8-12)17-32-34(19(37)33(17)9-15(36)20(24,25)26)10-16-30-18(21(27,28)29)35(31-16)14-4-2-1-3-13(14)23/h1-8,15,36H,9-10H2. The summed E-state index contributed by atoms with van der Waals surface area (Å²) in [5.41, 5.74) is -1.11. The van der Waals surface area contributed by atoms with Crippen molar-refractivity contribution in [2.45, 2.75) is 31.5 Å². The minimum absolute atomic E-state index is 0.0583. The van der Waals surface area contributed by atoms with E-state index in [1.54, 1.807) is 0 Å². The second-order valence-electron chi connectivity index (χ2n) is 7.65. The highest BCUT2D eigenvalue weighted by molar-refractivity contribution is 6.32. The fraction of sp³-hybridized carbons (Fsp3) is 0.238. The fourth-order valence-electron chi connectivity index (χ4n) is 3.33. The number of alkyl halides is 6. The average Bonchev–Trinajstić information content (AvgIpc) is 3.36. The first kappa shape index (κ1) is 26.7. The van der Waals surface area contributed by atoms with Gasteiger partial charge in [0.15, 0.2) is 17.8 Å². The van der Waals surface area contributed by atoms with E-state index in [-0.39, 0.29) is 22.1 Å². The molecule has 4 rings (SSSR count). The lowest BCUT2D eigenvalue weighted by atomic mass is 10.2. The van der Waals surface area contributed by atoms with Gasteiger partial charge < -0.3 is 5.11 Å². The Bertz CT molecular complexity index is 1480. The Morgan fingerprint density at radius 2 is 1.59 bits per heavy atom. The van der Waals surface area contributed by atoms with Gasteiger partial charge in [0.25, 0.3) is 0 Å². The normalized spacial score (nSPS) is 13.2. The van der Waals surface area contributed by atoms with Crippen molar-refractivity contribution < 1.29 is 31.4 Å². The van der Waals surface area contributed by atoms with Crippen molar-refractivity contribution in [1.82, 2.24) is 29.1 Å². The van der Waals surface area contributed by atoms with Crippen LogP contribution in [0.5, 0.6) is 0 Å². The molecule has 0 spiro atoms. The van der Waals surface area contributed by atoms with Crippen LogP contribution in [0.25, 0.3) is 17.1 Å². The van der Waals surface area contributed by atoms with E-state index in [4.69, 9.17) is 23.2 Å². The van der Waals surface area contributed by atoms with Crippen LogP contribution in [0, 0.1) is 0 Å². The van der Waals surface area contributed by atoms with E-state index < -0.39 is 48.9 Å². The summed E-state index contributed by atoms with van der Waals surface area (Å²) in [6.45, 7) is -1.94. The molecular formula is C21H14Cl2F6N6O2. The SMILES string of the molecule is O=c1n(Cc2nc(C(F)(F)F)n(-c3ccccc3Cl)n2)nc(-c2ccc(Cl)cc2)n1CC(O)C(F)(F)F. The Balaban J connectivity index is 1.80. The van der Waals surface area contributed by atoms with Crippen molar-refractivity contribution in [2.75, 3.05) is 0 Å². The molecular weight excluding hydrogens is 553 g/mol. The van der Waals surface area contributed by atoms with Crippen LogP contribution in [-0.4, -0.2) is 46.5 Å². The van der Waals surface area contributed by atoms with Crippen molar-refractivity contribution in [3.05, 3.63) is 80.7 Å². The third-order valence-corrected chi connectivity index (χ3v) is 5.61. The molecule has 8 nitrogen and oxygen atoms in total. The van der Waals surface area contributed by atoms with Crippen LogP contribution in [0.15, 0.2) is 53.3 Å². The van der Waals surface area contributed by atoms with Gasteiger partial charge in [0, 0.05) is 10.6 Å². The van der Waals surface area contributed by atoms with E-state index in [9.17, 15) is 36.2 Å². The van der Waals surface area contributed by atoms with Gasteiger partial charge in [-0.25, -0.2) is 19.1 Å². The lowest BCUT2D eigenvalue weighted by molar-refractivity contribution is -0.207. The number of nitrogens with zero attached hydrogens (tertiary/aromatic N) is 6. The molecule has 1 N–H and O–H groups in total. The fourth-order valence-corrected chi connectivity index (χ4v) is 3.67. The molecule has 2 heterocycles. The first-order valence-electron chi connectivity index (χ1n) is 10.2. The van der Waals surface area contributed by atoms with Gasteiger partial charge in [0.05, 0.1) is 17.3 Å². The first-order valence-corrected chi connectivity index (χ1v) is 11.0. The van der Waals surface area contributed by atoms with Crippen LogP contribution in [0.2, 0.25) is 10.0 Å². The molecule has 0 aliphatic heterocycles. The number of hydrogen-bond donors (Lipinski definition) is 1. The van der Waals surface area contributed by atoms with Crippen LogP contribution >= 0.6 is 23.2 Å². The van der Waals surface area contributed by atoms with Gasteiger partial charge in [0.2, 0.25) is 5.82 Å². The lowest BCUT2D eigenvalue weighted by Crippen LogP contribution is -2.37. The molecule has 0 fully saturated rings. The molecule has 0 aliphatic carbocycles. The van der Waals surface area contributed by atoms with Crippen LogP contribution in [0.3, 0.4) is 0 Å². The predicted molar refractivity (Wildman–Crippen MR) is 119 cm³/mol. The molecule has 0 amide bonds. The zero-order valence-corrected chi connectivity index (χ0v) is 19.7. The second kappa shape index (κ2) is 9.84. The van der Waals surface area contributed by atoms with Crippen molar-refractivity contribution in [2.24, 2.45) is 0 Å². The minimum Gasteiger partial charge on any atom is -0.382 e. The number of aliphatic hydroxyl groups is 1. The van der Waals surface area contributed by atoms with Gasteiger partial charge in [-0.3, -0.25) is 4.57 Å². The van der Waals surface area contributed by atoms with Crippen LogP contribution < -0.4 is 5.69 Å². The zero-order chi connectivity index (χ0) is 27.1. The van der Waals surface area contributed by atoms with Crippen LogP contribution in [0.1, 0.15) is 11.6 Å². The van der Waals surface area contributed by atoms with Crippen LogP contribution in [-0.2, 0) is 19.3 Å². The average molecular weight is 567 g/mol. The first-order chi connectivity index (χ1) is 17.3. The van der Waals surface area contributed by atoms with Crippen LogP contribution in [0.4, 0.5) is 26.3 Å². The number of rotatable bonds is 6. The third-order valence-electron chi connectivity index (χ3n) is 5.03. The number of aliphatic hydroxyl groups excluding tert-OH is 1. The predicted octanol–water partition coefficient (Wildman–Crippen LogP) is 4.59. The molecule has 196 valence electrons. The summed E-state index contributed by atoms with van der Waals surface area (Å²) in [4.78, 5) is 16.4. The highest BCUT2D eigenvalue weighted by atomic mass is 35.5. The summed E-state index contributed by atoms with van der Waals surface area (Å²) in [6, 6.07) is 11.1. The van der Waals surface area contributed by atoms with E-state index in [2.05, 4.69) is 15.2 Å². The largest absolute Gasteiger partial charge is 0.451 e. The molecule has 0 saturated carbocycles. The summed E-state index contributed by atoms with van der Waals surface area (Å²) in [5.74, 6) is -2.24. The summed E-state index contributed by atoms with van der Waals surface area (Å²) in [5, 5.41) is 17.6. The Hall–Kier alpha value is -3.36. The number of hydrogen-bond acceptors (Lipinski definition) is 5. The molecule has 0 aliphatic rings. The van der Waals surface area contributed by atoms with Gasteiger partial charge in [-0.2, -0.15) is 26.3 Å². The topological polar surface area (TPSA) is 90.8 Å². The number of para-hydroxylation sites is 1. The van der Waals surface area contributed by atoms with E-state index in [1.807, 2.05) is 0 Å². The number of aromatic nitrogens is 6. The molecule has 2 aromatic carbocycles. The molecule has 16 heteroatoms. The van der Waals surface area contributed by atoms with E-state index >= 15 is 0 Å². The smallest absolute Gasteiger partial charge is 0.382 e. The Kier molecular flexibility index (Phi) is 7.10. The summed E-state index contributed by atoms with van der Waals surface area (Å²) in [7, 11) is 0. The molecule has 2 aromatic heterocycles. The second-order valence-corrected chi connectivity index (χ2v) is 8.49. The van der Waals surface area contributed by atoms with Crippen molar-refractivity contribution in [1.29, 1.82) is 0 Å².